The molecule has 6 heteroatoms. The normalized spacial score (nSPS) is 14.1. The lowest BCUT2D eigenvalue weighted by Crippen LogP contribution is -2.16. The van der Waals surface area contributed by atoms with Gasteiger partial charge in [0.25, 0.3) is 5.56 Å². The van der Waals surface area contributed by atoms with E-state index in [1.807, 2.05) is 11.6 Å². The van der Waals surface area contributed by atoms with Gasteiger partial charge in [0.2, 0.25) is 0 Å². The van der Waals surface area contributed by atoms with E-state index in [1.54, 1.807) is 12.5 Å². The largest absolute Gasteiger partial charge is 0.331 e. The van der Waals surface area contributed by atoms with E-state index in [2.05, 4.69) is 20.3 Å². The molecule has 0 aliphatic carbocycles. The summed E-state index contributed by atoms with van der Waals surface area (Å²) in [6.45, 7) is 1.26. The lowest BCUT2D eigenvalue weighted by atomic mass is 10.2. The Labute approximate surface area is 91.4 Å². The lowest BCUT2D eigenvalue weighted by Gasteiger charge is -2.03. The molecule has 2 aromatic rings. The zero-order chi connectivity index (χ0) is 11.1. The first-order valence-electron chi connectivity index (χ1n) is 5.05. The fourth-order valence-corrected chi connectivity index (χ4v) is 1.89. The monoisotopic (exact) mass is 217 g/mol. The number of hydrogen-bond donors (Lipinski definition) is 2. The maximum absolute atomic E-state index is 11.8. The van der Waals surface area contributed by atoms with Gasteiger partial charge in [0.15, 0.2) is 5.82 Å². The van der Waals surface area contributed by atoms with Gasteiger partial charge in [-0.1, -0.05) is 0 Å². The number of nitrogens with one attached hydrogen (secondary N) is 2. The Morgan fingerprint density at radius 2 is 2.31 bits per heavy atom. The van der Waals surface area contributed by atoms with Gasteiger partial charge in [-0.25, -0.2) is 9.97 Å². The van der Waals surface area contributed by atoms with Crippen molar-refractivity contribution in [1.29, 1.82) is 0 Å². The van der Waals surface area contributed by atoms with Crippen molar-refractivity contribution >= 4 is 0 Å². The minimum absolute atomic E-state index is 0.0637. The van der Waals surface area contributed by atoms with E-state index in [-0.39, 0.29) is 5.56 Å². The topological polar surface area (TPSA) is 75.6 Å². The first-order valence-corrected chi connectivity index (χ1v) is 5.05. The van der Waals surface area contributed by atoms with E-state index in [4.69, 9.17) is 0 Å². The predicted molar refractivity (Wildman–Crippen MR) is 57.6 cm³/mol. The molecule has 1 aliphatic heterocycles. The summed E-state index contributed by atoms with van der Waals surface area (Å²) in [6, 6.07) is 0. The first-order chi connectivity index (χ1) is 7.75. The number of aromatic amines is 1. The SMILES string of the molecule is Cn1cncc1-c1nc2c(c(=O)[nH]1)CNC2. The van der Waals surface area contributed by atoms with Crippen LogP contribution >= 0.6 is 0 Å². The number of aromatic nitrogens is 4. The third kappa shape index (κ3) is 1.27. The van der Waals surface area contributed by atoms with Crippen LogP contribution in [0.15, 0.2) is 17.3 Å². The number of aryl methyl sites for hydroxylation is 1. The molecule has 0 amide bonds. The van der Waals surface area contributed by atoms with Crippen molar-refractivity contribution in [2.24, 2.45) is 7.05 Å². The molecule has 82 valence electrons. The molecule has 0 bridgehead atoms. The summed E-state index contributed by atoms with van der Waals surface area (Å²) in [5.74, 6) is 0.576. The standard InChI is InChI=1S/C10H11N5O/c1-15-5-12-4-8(15)9-13-7-3-11-2-6(7)10(16)14-9/h4-5,11H,2-3H2,1H3,(H,13,14,16). The van der Waals surface area contributed by atoms with Gasteiger partial charge in [-0.15, -0.1) is 0 Å². The zero-order valence-corrected chi connectivity index (χ0v) is 8.82. The Morgan fingerprint density at radius 1 is 1.44 bits per heavy atom. The maximum atomic E-state index is 11.8. The highest BCUT2D eigenvalue weighted by molar-refractivity contribution is 5.49. The van der Waals surface area contributed by atoms with Gasteiger partial charge in [-0.2, -0.15) is 0 Å². The second-order valence-electron chi connectivity index (χ2n) is 3.83. The molecule has 16 heavy (non-hydrogen) atoms. The zero-order valence-electron chi connectivity index (χ0n) is 8.82. The molecule has 3 rings (SSSR count). The van der Waals surface area contributed by atoms with Crippen molar-refractivity contribution in [2.45, 2.75) is 13.1 Å². The van der Waals surface area contributed by atoms with Gasteiger partial charge in [0, 0.05) is 20.1 Å². The molecule has 3 heterocycles. The highest BCUT2D eigenvalue weighted by Gasteiger charge is 2.17. The van der Waals surface area contributed by atoms with Crippen molar-refractivity contribution in [2.75, 3.05) is 0 Å². The lowest BCUT2D eigenvalue weighted by molar-refractivity contribution is 0.756. The Morgan fingerprint density at radius 3 is 3.06 bits per heavy atom. The minimum Gasteiger partial charge on any atom is -0.331 e. The molecule has 0 saturated heterocycles. The van der Waals surface area contributed by atoms with Crippen molar-refractivity contribution in [1.82, 2.24) is 24.8 Å². The van der Waals surface area contributed by atoms with Crippen LogP contribution in [0.4, 0.5) is 0 Å². The van der Waals surface area contributed by atoms with E-state index in [0.717, 1.165) is 17.0 Å². The summed E-state index contributed by atoms with van der Waals surface area (Å²) >= 11 is 0. The van der Waals surface area contributed by atoms with E-state index in [9.17, 15) is 4.79 Å². The molecular formula is C10H11N5O. The van der Waals surface area contributed by atoms with E-state index in [0.29, 0.717) is 18.9 Å². The average Bonchev–Trinajstić information content (AvgIpc) is 2.85. The summed E-state index contributed by atoms with van der Waals surface area (Å²) in [7, 11) is 1.87. The van der Waals surface area contributed by atoms with Crippen LogP contribution in [0.2, 0.25) is 0 Å². The van der Waals surface area contributed by atoms with Gasteiger partial charge in [-0.05, 0) is 0 Å². The van der Waals surface area contributed by atoms with Gasteiger partial charge in [-0.3, -0.25) is 4.79 Å². The number of nitrogens with zero attached hydrogens (tertiary/aromatic N) is 3. The van der Waals surface area contributed by atoms with Gasteiger partial charge in [0.1, 0.15) is 5.69 Å². The summed E-state index contributed by atoms with van der Waals surface area (Å²) < 4.78 is 1.83. The van der Waals surface area contributed by atoms with Crippen LogP contribution in [0.1, 0.15) is 11.3 Å². The van der Waals surface area contributed by atoms with Crippen LogP contribution in [-0.2, 0) is 20.1 Å². The molecule has 6 nitrogen and oxygen atoms in total. The van der Waals surface area contributed by atoms with Crippen LogP contribution in [-0.4, -0.2) is 19.5 Å². The molecular weight excluding hydrogens is 206 g/mol. The smallest absolute Gasteiger partial charge is 0.256 e. The molecule has 0 aromatic carbocycles. The van der Waals surface area contributed by atoms with Gasteiger partial charge in [0.05, 0.1) is 23.8 Å². The number of hydrogen-bond acceptors (Lipinski definition) is 4. The summed E-state index contributed by atoms with van der Waals surface area (Å²) in [5.41, 5.74) is 2.32. The Kier molecular flexibility index (Phi) is 1.90. The van der Waals surface area contributed by atoms with Crippen LogP contribution in [0.5, 0.6) is 0 Å². The van der Waals surface area contributed by atoms with Crippen LogP contribution in [0.25, 0.3) is 11.5 Å². The summed E-state index contributed by atoms with van der Waals surface area (Å²) in [6.07, 6.45) is 3.37. The third-order valence-corrected chi connectivity index (χ3v) is 2.75. The Hall–Kier alpha value is -1.95. The van der Waals surface area contributed by atoms with Crippen LogP contribution in [0, 0.1) is 0 Å². The van der Waals surface area contributed by atoms with Gasteiger partial charge < -0.3 is 14.9 Å². The van der Waals surface area contributed by atoms with Crippen molar-refractivity contribution in [3.05, 3.63) is 34.1 Å². The number of imidazole rings is 1. The molecule has 0 unspecified atom stereocenters. The summed E-state index contributed by atoms with van der Waals surface area (Å²) in [5, 5.41) is 3.11. The Balaban J connectivity index is 2.21. The molecule has 0 fully saturated rings. The van der Waals surface area contributed by atoms with Gasteiger partial charge >= 0.3 is 0 Å². The summed E-state index contributed by atoms with van der Waals surface area (Å²) in [4.78, 5) is 23.0. The second-order valence-corrected chi connectivity index (χ2v) is 3.83. The fourth-order valence-electron chi connectivity index (χ4n) is 1.89. The van der Waals surface area contributed by atoms with Crippen molar-refractivity contribution in [3.8, 4) is 11.5 Å². The van der Waals surface area contributed by atoms with E-state index >= 15 is 0 Å². The highest BCUT2D eigenvalue weighted by atomic mass is 16.1. The molecule has 1 aliphatic rings. The Bertz CT molecular complexity index is 597. The molecule has 0 saturated carbocycles. The first kappa shape index (κ1) is 9.29. The molecule has 0 spiro atoms. The van der Waals surface area contributed by atoms with Crippen LogP contribution in [0.3, 0.4) is 0 Å². The van der Waals surface area contributed by atoms with E-state index in [1.165, 1.54) is 0 Å². The van der Waals surface area contributed by atoms with E-state index < -0.39 is 0 Å². The number of H-pyrrole nitrogens is 1. The van der Waals surface area contributed by atoms with Crippen LogP contribution < -0.4 is 10.9 Å². The quantitative estimate of drug-likeness (QED) is 0.692. The molecule has 0 radical (unpaired) electrons. The molecule has 2 N–H and O–H groups in total. The number of fused-ring (bicyclic) bond motifs is 1. The molecule has 2 aromatic heterocycles. The van der Waals surface area contributed by atoms with Crippen molar-refractivity contribution in [3.63, 3.8) is 0 Å². The fraction of sp³-hybridized carbons (Fsp3) is 0.300. The predicted octanol–water partition coefficient (Wildman–Crippen LogP) is -0.226. The van der Waals surface area contributed by atoms with Crippen molar-refractivity contribution < 1.29 is 0 Å². The third-order valence-electron chi connectivity index (χ3n) is 2.75. The maximum Gasteiger partial charge on any atom is 0.256 e. The average molecular weight is 217 g/mol. The minimum atomic E-state index is -0.0637. The highest BCUT2D eigenvalue weighted by Crippen LogP contribution is 2.15. The second kappa shape index (κ2) is 3.28. The number of rotatable bonds is 1. The molecule has 0 atom stereocenters.